The maximum atomic E-state index is 5.66. The van der Waals surface area contributed by atoms with Crippen molar-refractivity contribution in [3.8, 4) is 5.75 Å². The molecule has 0 bridgehead atoms. The summed E-state index contributed by atoms with van der Waals surface area (Å²) in [5.74, 6) is 1.99. The van der Waals surface area contributed by atoms with Crippen molar-refractivity contribution in [2.75, 3.05) is 19.1 Å². The largest absolute Gasteiger partial charge is 0.489 e. The minimum atomic E-state index is 0.186. The van der Waals surface area contributed by atoms with Gasteiger partial charge in [-0.2, -0.15) is 11.8 Å². The van der Waals surface area contributed by atoms with E-state index in [1.165, 1.54) is 5.56 Å². The molecule has 1 rings (SSSR count). The Hall–Kier alpha value is -0.740. The molecule has 1 aromatic heterocycles. The minimum absolute atomic E-state index is 0.186. The van der Waals surface area contributed by atoms with Gasteiger partial charge in [-0.25, -0.2) is 0 Å². The summed E-state index contributed by atoms with van der Waals surface area (Å²) in [5.41, 5.74) is 1.19. The predicted molar refractivity (Wildman–Crippen MR) is 74.8 cm³/mol. The summed E-state index contributed by atoms with van der Waals surface area (Å²) in [7, 11) is 1.99. The molecule has 0 spiro atoms. The van der Waals surface area contributed by atoms with Gasteiger partial charge in [0.15, 0.2) is 0 Å². The van der Waals surface area contributed by atoms with E-state index in [9.17, 15) is 0 Å². The Morgan fingerprint density at radius 3 is 2.76 bits per heavy atom. The molecule has 96 valence electrons. The number of pyridine rings is 1. The molecule has 1 unspecified atom stereocenters. The molecule has 0 aliphatic rings. The predicted octanol–water partition coefficient (Wildman–Crippen LogP) is 2.88. The molecule has 0 aliphatic heterocycles. The quantitative estimate of drug-likeness (QED) is 0.811. The zero-order chi connectivity index (χ0) is 12.7. The van der Waals surface area contributed by atoms with Gasteiger partial charge in [0.1, 0.15) is 5.75 Å². The number of nitrogens with zero attached hydrogens (tertiary/aromatic N) is 1. The monoisotopic (exact) mass is 254 g/mol. The second-order valence-electron chi connectivity index (χ2n) is 4.24. The average Bonchev–Trinajstić information content (AvgIpc) is 2.30. The lowest BCUT2D eigenvalue weighted by Gasteiger charge is -2.17. The van der Waals surface area contributed by atoms with Gasteiger partial charge < -0.3 is 10.1 Å². The molecule has 1 atom stereocenters. The first-order valence-corrected chi connectivity index (χ1v) is 7.34. The van der Waals surface area contributed by atoms with Gasteiger partial charge in [0.05, 0.1) is 12.3 Å². The first-order chi connectivity index (χ1) is 8.17. The van der Waals surface area contributed by atoms with E-state index in [0.717, 1.165) is 17.9 Å². The Morgan fingerprint density at radius 2 is 2.18 bits per heavy atom. The Morgan fingerprint density at radius 1 is 1.41 bits per heavy atom. The third-order valence-electron chi connectivity index (χ3n) is 2.47. The fourth-order valence-electron chi connectivity index (χ4n) is 1.68. The van der Waals surface area contributed by atoms with Gasteiger partial charge >= 0.3 is 0 Å². The second-order valence-corrected chi connectivity index (χ2v) is 5.23. The van der Waals surface area contributed by atoms with Crippen LogP contribution in [0.2, 0.25) is 0 Å². The van der Waals surface area contributed by atoms with E-state index in [1.54, 1.807) is 6.20 Å². The van der Waals surface area contributed by atoms with E-state index >= 15 is 0 Å². The lowest BCUT2D eigenvalue weighted by Crippen LogP contribution is -2.17. The second kappa shape index (κ2) is 7.56. The highest BCUT2D eigenvalue weighted by Crippen LogP contribution is 2.21. The Bertz CT molecular complexity index is 331. The third kappa shape index (κ3) is 4.96. The van der Waals surface area contributed by atoms with Crippen molar-refractivity contribution < 1.29 is 4.74 Å². The fraction of sp³-hybridized carbons (Fsp3) is 0.615. The van der Waals surface area contributed by atoms with Gasteiger partial charge in [0.2, 0.25) is 0 Å². The van der Waals surface area contributed by atoms with Crippen LogP contribution in [-0.4, -0.2) is 30.1 Å². The molecule has 4 heteroatoms. The highest BCUT2D eigenvalue weighted by molar-refractivity contribution is 7.98. The number of rotatable bonds is 7. The summed E-state index contributed by atoms with van der Waals surface area (Å²) in [6.07, 6.45) is 7.10. The molecule has 0 amide bonds. The number of ether oxygens (including phenoxy) is 1. The van der Waals surface area contributed by atoms with Crippen LogP contribution < -0.4 is 10.1 Å². The number of nitrogens with one attached hydrogen (secondary N) is 1. The van der Waals surface area contributed by atoms with Crippen LogP contribution in [0.15, 0.2) is 18.5 Å². The summed E-state index contributed by atoms with van der Waals surface area (Å²) in [6, 6.07) is 2.43. The summed E-state index contributed by atoms with van der Waals surface area (Å²) >= 11 is 1.86. The van der Waals surface area contributed by atoms with Crippen molar-refractivity contribution in [3.63, 3.8) is 0 Å². The first-order valence-electron chi connectivity index (χ1n) is 5.95. The van der Waals surface area contributed by atoms with Crippen LogP contribution in [-0.2, 0) is 0 Å². The molecule has 0 saturated heterocycles. The smallest absolute Gasteiger partial charge is 0.138 e. The standard InChI is InChI=1S/C13H22N2OS/c1-10(2)16-12-7-11(8-15-9-12)13(14-3)5-6-17-4/h7-10,13-14H,5-6H2,1-4H3. The van der Waals surface area contributed by atoms with E-state index in [1.807, 2.05) is 38.9 Å². The van der Waals surface area contributed by atoms with E-state index < -0.39 is 0 Å². The van der Waals surface area contributed by atoms with E-state index in [-0.39, 0.29) is 6.10 Å². The fourth-order valence-corrected chi connectivity index (χ4v) is 2.15. The van der Waals surface area contributed by atoms with Crippen LogP contribution in [0.25, 0.3) is 0 Å². The van der Waals surface area contributed by atoms with Crippen molar-refractivity contribution in [2.24, 2.45) is 0 Å². The molecule has 17 heavy (non-hydrogen) atoms. The number of thioether (sulfide) groups is 1. The van der Waals surface area contributed by atoms with Gasteiger partial charge in [0, 0.05) is 12.2 Å². The van der Waals surface area contributed by atoms with Gasteiger partial charge in [-0.15, -0.1) is 0 Å². The van der Waals surface area contributed by atoms with E-state index in [0.29, 0.717) is 6.04 Å². The number of hydrogen-bond acceptors (Lipinski definition) is 4. The summed E-state index contributed by atoms with van der Waals surface area (Å²) in [6.45, 7) is 4.05. The molecular weight excluding hydrogens is 232 g/mol. The molecule has 0 fully saturated rings. The topological polar surface area (TPSA) is 34.2 Å². The number of hydrogen-bond donors (Lipinski definition) is 1. The van der Waals surface area contributed by atoms with Gasteiger partial charge in [-0.3, -0.25) is 4.98 Å². The number of aromatic nitrogens is 1. The van der Waals surface area contributed by atoms with Crippen LogP contribution in [0, 0.1) is 0 Å². The Kier molecular flexibility index (Phi) is 6.37. The van der Waals surface area contributed by atoms with Gasteiger partial charge in [-0.1, -0.05) is 0 Å². The highest BCUT2D eigenvalue weighted by Gasteiger charge is 2.10. The van der Waals surface area contributed by atoms with Crippen LogP contribution in [0.3, 0.4) is 0 Å². The average molecular weight is 254 g/mol. The first kappa shape index (κ1) is 14.3. The lowest BCUT2D eigenvalue weighted by atomic mass is 10.1. The Balaban J connectivity index is 2.73. The molecule has 1 aromatic rings. The zero-order valence-corrected chi connectivity index (χ0v) is 11.9. The molecule has 3 nitrogen and oxygen atoms in total. The van der Waals surface area contributed by atoms with E-state index in [4.69, 9.17) is 4.74 Å². The van der Waals surface area contributed by atoms with Crippen LogP contribution >= 0.6 is 11.8 Å². The van der Waals surface area contributed by atoms with Crippen LogP contribution in [0.1, 0.15) is 31.9 Å². The van der Waals surface area contributed by atoms with Crippen molar-refractivity contribution in [2.45, 2.75) is 32.4 Å². The SMILES string of the molecule is CNC(CCSC)c1cncc(OC(C)C)c1. The van der Waals surface area contributed by atoms with Gasteiger partial charge in [0.25, 0.3) is 0 Å². The normalized spacial score (nSPS) is 12.8. The molecule has 0 aromatic carbocycles. The maximum absolute atomic E-state index is 5.66. The lowest BCUT2D eigenvalue weighted by molar-refractivity contribution is 0.241. The van der Waals surface area contributed by atoms with Crippen LogP contribution in [0.4, 0.5) is 0 Å². The zero-order valence-electron chi connectivity index (χ0n) is 11.1. The van der Waals surface area contributed by atoms with Crippen molar-refractivity contribution in [1.82, 2.24) is 10.3 Å². The minimum Gasteiger partial charge on any atom is -0.489 e. The summed E-state index contributed by atoms with van der Waals surface area (Å²) < 4.78 is 5.66. The molecule has 1 N–H and O–H groups in total. The van der Waals surface area contributed by atoms with E-state index in [2.05, 4.69) is 22.6 Å². The highest BCUT2D eigenvalue weighted by atomic mass is 32.2. The van der Waals surface area contributed by atoms with Crippen molar-refractivity contribution >= 4 is 11.8 Å². The van der Waals surface area contributed by atoms with Crippen molar-refractivity contribution in [1.29, 1.82) is 0 Å². The summed E-state index contributed by atoms with van der Waals surface area (Å²) in [4.78, 5) is 4.24. The molecular formula is C13H22N2OS. The molecule has 1 heterocycles. The Labute approximate surface area is 108 Å². The molecule has 0 saturated carbocycles. The summed E-state index contributed by atoms with van der Waals surface area (Å²) in [5, 5.41) is 3.32. The van der Waals surface area contributed by atoms with Gasteiger partial charge in [-0.05, 0) is 51.0 Å². The molecule has 0 aliphatic carbocycles. The maximum Gasteiger partial charge on any atom is 0.138 e. The van der Waals surface area contributed by atoms with Crippen LogP contribution in [0.5, 0.6) is 5.75 Å². The van der Waals surface area contributed by atoms with Crippen molar-refractivity contribution in [3.05, 3.63) is 24.0 Å². The molecule has 0 radical (unpaired) electrons. The third-order valence-corrected chi connectivity index (χ3v) is 3.11.